The number of nitrogens with zero attached hydrogens (tertiary/aromatic N) is 1. The number of hydrogen-bond donors (Lipinski definition) is 0. The molecule has 0 saturated carbocycles. The molecule has 1 aliphatic rings. The van der Waals surface area contributed by atoms with Gasteiger partial charge in [0.25, 0.3) is 5.91 Å². The Morgan fingerprint density at radius 2 is 1.72 bits per heavy atom. The Hall–Kier alpha value is -2.51. The van der Waals surface area contributed by atoms with Gasteiger partial charge in [-0.1, -0.05) is 48.2 Å². The molecule has 0 aromatic heterocycles. The molecule has 0 aliphatic carbocycles. The summed E-state index contributed by atoms with van der Waals surface area (Å²) in [7, 11) is 1.63. The molecule has 0 spiro atoms. The molecular weight excluding hydrogens is 406 g/mol. The third kappa shape index (κ3) is 5.52. The van der Waals surface area contributed by atoms with E-state index >= 15 is 0 Å². The number of carbonyl (C=O) groups is 1. The summed E-state index contributed by atoms with van der Waals surface area (Å²) in [6.45, 7) is 3.60. The third-order valence-corrected chi connectivity index (χ3v) is 5.63. The minimum absolute atomic E-state index is 0.0297. The van der Waals surface area contributed by atoms with Crippen LogP contribution in [0.3, 0.4) is 0 Å². The summed E-state index contributed by atoms with van der Waals surface area (Å²) in [5, 5.41) is 0. The average Bonchev–Trinajstić information content (AvgIpc) is 3.01. The van der Waals surface area contributed by atoms with Gasteiger partial charge in [-0.15, -0.1) is 0 Å². The van der Waals surface area contributed by atoms with E-state index in [4.69, 9.17) is 26.4 Å². The topological polar surface area (TPSA) is 48.0 Å². The van der Waals surface area contributed by atoms with Crippen molar-refractivity contribution in [3.8, 4) is 17.2 Å². The highest BCUT2D eigenvalue weighted by atomic mass is 32.2. The third-order valence-electron chi connectivity index (χ3n) is 4.25. The number of thiocarbonyl (C=S) groups is 1. The van der Waals surface area contributed by atoms with Crippen molar-refractivity contribution < 1.29 is 19.0 Å². The molecule has 1 fully saturated rings. The zero-order chi connectivity index (χ0) is 20.6. The molecular formula is C22H23NO4S2. The molecule has 152 valence electrons. The van der Waals surface area contributed by atoms with Crippen LogP contribution in [0.15, 0.2) is 53.4 Å². The van der Waals surface area contributed by atoms with Gasteiger partial charge < -0.3 is 14.2 Å². The highest BCUT2D eigenvalue weighted by molar-refractivity contribution is 8.26. The van der Waals surface area contributed by atoms with Gasteiger partial charge in [-0.2, -0.15) is 0 Å². The van der Waals surface area contributed by atoms with Crippen molar-refractivity contribution >= 4 is 40.3 Å². The number of thioether (sulfide) groups is 1. The molecule has 3 rings (SSSR count). The number of likely N-dealkylation sites (N-methyl/N-ethyl adjacent to an activating group) is 1. The largest absolute Gasteiger partial charge is 0.493 e. The van der Waals surface area contributed by atoms with Crippen LogP contribution >= 0.6 is 24.0 Å². The Morgan fingerprint density at radius 3 is 2.38 bits per heavy atom. The number of rotatable bonds is 9. The molecule has 1 heterocycles. The monoisotopic (exact) mass is 429 g/mol. The quantitative estimate of drug-likeness (QED) is 0.325. The lowest BCUT2D eigenvalue weighted by Gasteiger charge is -2.11. The van der Waals surface area contributed by atoms with Crippen molar-refractivity contribution in [1.29, 1.82) is 0 Å². The lowest BCUT2D eigenvalue weighted by atomic mass is 10.2. The summed E-state index contributed by atoms with van der Waals surface area (Å²) >= 11 is 6.58. The fourth-order valence-electron chi connectivity index (χ4n) is 2.75. The van der Waals surface area contributed by atoms with Gasteiger partial charge in [0.1, 0.15) is 10.1 Å². The lowest BCUT2D eigenvalue weighted by Crippen LogP contribution is -2.27. The van der Waals surface area contributed by atoms with Gasteiger partial charge in [0.05, 0.1) is 25.2 Å². The number of hydrogen-bond acceptors (Lipinski definition) is 6. The molecule has 0 unspecified atom stereocenters. The first kappa shape index (κ1) is 21.2. The minimum Gasteiger partial charge on any atom is -0.493 e. The van der Waals surface area contributed by atoms with E-state index < -0.39 is 0 Å². The summed E-state index contributed by atoms with van der Waals surface area (Å²) in [6.07, 6.45) is 2.61. The fraction of sp³-hybridized carbons (Fsp3) is 0.273. The van der Waals surface area contributed by atoms with Crippen molar-refractivity contribution in [3.05, 3.63) is 59.0 Å². The van der Waals surface area contributed by atoms with Gasteiger partial charge >= 0.3 is 0 Å². The maximum atomic E-state index is 12.3. The van der Waals surface area contributed by atoms with Crippen molar-refractivity contribution in [2.45, 2.75) is 13.3 Å². The Balaban J connectivity index is 1.46. The van der Waals surface area contributed by atoms with E-state index in [1.54, 1.807) is 12.0 Å². The number of ether oxygens (including phenoxy) is 3. The van der Waals surface area contributed by atoms with Crippen LogP contribution in [0.1, 0.15) is 18.9 Å². The molecule has 2 aromatic carbocycles. The number of para-hydroxylation sites is 2. The maximum Gasteiger partial charge on any atom is 0.266 e. The highest BCUT2D eigenvalue weighted by Gasteiger charge is 2.30. The van der Waals surface area contributed by atoms with Crippen LogP contribution in [0, 0.1) is 0 Å². The van der Waals surface area contributed by atoms with Crippen LogP contribution in [0.25, 0.3) is 6.08 Å². The molecule has 1 aliphatic heterocycles. The zero-order valence-corrected chi connectivity index (χ0v) is 18.1. The van der Waals surface area contributed by atoms with Crippen molar-refractivity contribution in [2.75, 3.05) is 26.9 Å². The van der Waals surface area contributed by atoms with Gasteiger partial charge in [0, 0.05) is 13.0 Å². The lowest BCUT2D eigenvalue weighted by molar-refractivity contribution is -0.121. The summed E-state index contributed by atoms with van der Waals surface area (Å²) in [5.41, 5.74) is 0.938. The molecule has 0 radical (unpaired) electrons. The number of benzene rings is 2. The van der Waals surface area contributed by atoms with Gasteiger partial charge in [-0.25, -0.2) is 0 Å². The number of amides is 1. The number of methoxy groups -OCH3 is 1. The molecule has 1 saturated heterocycles. The summed E-state index contributed by atoms with van der Waals surface area (Å²) in [4.78, 5) is 14.5. The van der Waals surface area contributed by atoms with Crippen molar-refractivity contribution in [2.24, 2.45) is 0 Å². The Morgan fingerprint density at radius 1 is 1.03 bits per heavy atom. The standard InChI is InChI=1S/C22H23NO4S2/c1-3-23-21(24)20(29-22(23)28)15-16-9-11-17(12-10-16)26-13-6-14-27-19-8-5-4-7-18(19)25-2/h4-5,7-12,15H,3,6,13-14H2,1-2H3. The first-order chi connectivity index (χ1) is 14.1. The van der Waals surface area contributed by atoms with Crippen LogP contribution in [0.5, 0.6) is 17.2 Å². The maximum absolute atomic E-state index is 12.3. The van der Waals surface area contributed by atoms with E-state index in [9.17, 15) is 4.79 Å². The van der Waals surface area contributed by atoms with Crippen molar-refractivity contribution in [1.82, 2.24) is 4.90 Å². The number of carbonyl (C=O) groups excluding carboxylic acids is 1. The van der Waals surface area contributed by atoms with E-state index in [1.165, 1.54) is 11.8 Å². The first-order valence-corrected chi connectivity index (χ1v) is 10.6. The Labute approximate surface area is 180 Å². The van der Waals surface area contributed by atoms with Gasteiger partial charge in [-0.05, 0) is 42.8 Å². The molecule has 5 nitrogen and oxygen atoms in total. The second-order valence-electron chi connectivity index (χ2n) is 6.20. The highest BCUT2D eigenvalue weighted by Crippen LogP contribution is 2.32. The predicted octanol–water partition coefficient (Wildman–Crippen LogP) is 4.76. The molecule has 7 heteroatoms. The summed E-state index contributed by atoms with van der Waals surface area (Å²) in [6, 6.07) is 15.2. The van der Waals surface area contributed by atoms with E-state index in [1.807, 2.05) is 61.5 Å². The summed E-state index contributed by atoms with van der Waals surface area (Å²) < 4.78 is 17.4. The van der Waals surface area contributed by atoms with E-state index in [2.05, 4.69) is 0 Å². The van der Waals surface area contributed by atoms with Crippen LogP contribution < -0.4 is 14.2 Å². The Kier molecular flexibility index (Phi) is 7.55. The minimum atomic E-state index is -0.0297. The van der Waals surface area contributed by atoms with Gasteiger partial charge in [0.15, 0.2) is 11.5 Å². The van der Waals surface area contributed by atoms with E-state index in [-0.39, 0.29) is 5.91 Å². The molecule has 0 N–H and O–H groups in total. The van der Waals surface area contributed by atoms with Crippen LogP contribution in [0.4, 0.5) is 0 Å². The van der Waals surface area contributed by atoms with Crippen LogP contribution in [-0.4, -0.2) is 42.0 Å². The van der Waals surface area contributed by atoms with Crippen LogP contribution in [0.2, 0.25) is 0 Å². The van der Waals surface area contributed by atoms with Crippen molar-refractivity contribution in [3.63, 3.8) is 0 Å². The smallest absolute Gasteiger partial charge is 0.266 e. The van der Waals surface area contributed by atoms with Gasteiger partial charge in [-0.3, -0.25) is 9.69 Å². The zero-order valence-electron chi connectivity index (χ0n) is 16.4. The molecule has 0 bridgehead atoms. The van der Waals surface area contributed by atoms with E-state index in [0.29, 0.717) is 29.0 Å². The second-order valence-corrected chi connectivity index (χ2v) is 7.87. The normalized spacial score (nSPS) is 15.1. The van der Waals surface area contributed by atoms with Crippen LogP contribution in [-0.2, 0) is 4.79 Å². The van der Waals surface area contributed by atoms with E-state index in [0.717, 1.165) is 29.2 Å². The second kappa shape index (κ2) is 10.3. The first-order valence-electron chi connectivity index (χ1n) is 9.36. The molecule has 1 amide bonds. The summed E-state index contributed by atoms with van der Waals surface area (Å²) in [5.74, 6) is 2.20. The molecule has 0 atom stereocenters. The van der Waals surface area contributed by atoms with Gasteiger partial charge in [0.2, 0.25) is 0 Å². The average molecular weight is 430 g/mol. The Bertz CT molecular complexity index is 896. The molecule has 2 aromatic rings. The SMILES string of the molecule is CCN1C(=O)C(=Cc2ccc(OCCCOc3ccccc3OC)cc2)SC1=S. The molecule has 29 heavy (non-hydrogen) atoms. The fourth-order valence-corrected chi connectivity index (χ4v) is 4.14. The predicted molar refractivity (Wildman–Crippen MR) is 121 cm³/mol.